The first-order chi connectivity index (χ1) is 24.7. The van der Waals surface area contributed by atoms with Crippen LogP contribution in [-0.4, -0.2) is 120 Å². The van der Waals surface area contributed by atoms with E-state index in [9.17, 15) is 39.3 Å². The molecule has 0 aliphatic carbocycles. The number of carbonyl (C=O) groups excluding carboxylic acids is 5. The highest BCUT2D eigenvalue weighted by molar-refractivity contribution is 5.72. The summed E-state index contributed by atoms with van der Waals surface area (Å²) in [6, 6.07) is 0. The number of ether oxygens (including phenoxy) is 8. The molecule has 2 fully saturated rings. The van der Waals surface area contributed by atoms with E-state index in [1.54, 1.807) is 55.4 Å². The van der Waals surface area contributed by atoms with Crippen LogP contribution in [0, 0.1) is 29.6 Å². The molecular formula is C37H62O16. The molecule has 306 valence electrons. The third-order valence-electron chi connectivity index (χ3n) is 8.10. The van der Waals surface area contributed by atoms with Crippen LogP contribution in [0.25, 0.3) is 0 Å². The molecule has 3 N–H and O–H groups in total. The Morgan fingerprint density at radius 2 is 1.02 bits per heavy atom. The van der Waals surface area contributed by atoms with Crippen molar-refractivity contribution in [3.05, 3.63) is 0 Å². The zero-order valence-corrected chi connectivity index (χ0v) is 32.8. The fourth-order valence-corrected chi connectivity index (χ4v) is 5.72. The molecule has 0 aromatic rings. The van der Waals surface area contributed by atoms with Gasteiger partial charge in [0.15, 0.2) is 24.6 Å². The Kier molecular flexibility index (Phi) is 18.6. The summed E-state index contributed by atoms with van der Waals surface area (Å²) in [6.45, 7) is 15.7. The van der Waals surface area contributed by atoms with Crippen molar-refractivity contribution in [2.24, 2.45) is 29.6 Å². The van der Waals surface area contributed by atoms with Crippen LogP contribution >= 0.6 is 0 Å². The molecule has 9 atom stereocenters. The second kappa shape index (κ2) is 21.3. The van der Waals surface area contributed by atoms with Crippen LogP contribution in [0.5, 0.6) is 0 Å². The van der Waals surface area contributed by atoms with Gasteiger partial charge in [0.1, 0.15) is 37.6 Å². The Balaban J connectivity index is 2.73. The van der Waals surface area contributed by atoms with Crippen molar-refractivity contribution in [2.75, 3.05) is 19.8 Å². The lowest BCUT2D eigenvalue weighted by Crippen LogP contribution is -2.64. The summed E-state index contributed by atoms with van der Waals surface area (Å²) in [7, 11) is 0. The molecule has 0 saturated carbocycles. The van der Waals surface area contributed by atoms with Crippen molar-refractivity contribution in [2.45, 2.75) is 156 Å². The fraction of sp³-hybridized carbons (Fsp3) is 0.865. The smallest absolute Gasteiger partial charge is 0.306 e. The van der Waals surface area contributed by atoms with Crippen LogP contribution in [0.3, 0.4) is 0 Å². The van der Waals surface area contributed by atoms with E-state index < -0.39 is 104 Å². The van der Waals surface area contributed by atoms with Gasteiger partial charge in [0.05, 0.1) is 6.61 Å². The lowest BCUT2D eigenvalue weighted by Gasteiger charge is -2.44. The van der Waals surface area contributed by atoms with E-state index in [4.69, 9.17) is 37.9 Å². The molecule has 16 nitrogen and oxygen atoms in total. The van der Waals surface area contributed by atoms with Crippen molar-refractivity contribution in [3.63, 3.8) is 0 Å². The van der Waals surface area contributed by atoms with Crippen LogP contribution in [0.1, 0.15) is 101 Å². The number of esters is 5. The van der Waals surface area contributed by atoms with Gasteiger partial charge in [-0.2, -0.15) is 0 Å². The minimum atomic E-state index is -2.42. The topological polar surface area (TPSA) is 220 Å². The molecular weight excluding hydrogens is 700 g/mol. The van der Waals surface area contributed by atoms with Gasteiger partial charge in [-0.1, -0.05) is 69.2 Å². The lowest BCUT2D eigenvalue weighted by molar-refractivity contribution is -0.384. The predicted octanol–water partition coefficient (Wildman–Crippen LogP) is 2.59. The summed E-state index contributed by atoms with van der Waals surface area (Å²) in [5.41, 5.74) is 0. The van der Waals surface area contributed by atoms with E-state index in [1.807, 2.05) is 13.8 Å². The van der Waals surface area contributed by atoms with E-state index in [2.05, 4.69) is 0 Å². The van der Waals surface area contributed by atoms with Crippen LogP contribution in [0.4, 0.5) is 0 Å². The van der Waals surface area contributed by atoms with E-state index in [0.29, 0.717) is 0 Å². The Morgan fingerprint density at radius 3 is 1.49 bits per heavy atom. The maximum atomic E-state index is 13.4. The summed E-state index contributed by atoms with van der Waals surface area (Å²) < 4.78 is 46.8. The van der Waals surface area contributed by atoms with Gasteiger partial charge in [-0.15, -0.1) is 0 Å². The maximum Gasteiger partial charge on any atom is 0.306 e. The molecule has 0 aromatic heterocycles. The molecule has 53 heavy (non-hydrogen) atoms. The first kappa shape index (κ1) is 46.3. The van der Waals surface area contributed by atoms with Gasteiger partial charge in [0, 0.05) is 32.1 Å². The Labute approximate surface area is 312 Å². The number of hydrogen-bond acceptors (Lipinski definition) is 16. The molecule has 0 radical (unpaired) electrons. The Bertz CT molecular complexity index is 1200. The molecule has 0 bridgehead atoms. The molecule has 0 unspecified atom stereocenters. The van der Waals surface area contributed by atoms with Crippen molar-refractivity contribution in [3.8, 4) is 0 Å². The van der Waals surface area contributed by atoms with Gasteiger partial charge in [0.25, 0.3) is 0 Å². The minimum absolute atomic E-state index is 0.0356. The van der Waals surface area contributed by atoms with Crippen LogP contribution < -0.4 is 0 Å². The maximum absolute atomic E-state index is 13.4. The largest absolute Gasteiger partial charge is 0.463 e. The predicted molar refractivity (Wildman–Crippen MR) is 185 cm³/mol. The van der Waals surface area contributed by atoms with Gasteiger partial charge in [-0.25, -0.2) is 0 Å². The van der Waals surface area contributed by atoms with Crippen LogP contribution in [0.15, 0.2) is 0 Å². The van der Waals surface area contributed by atoms with E-state index in [1.165, 1.54) is 0 Å². The second-order valence-electron chi connectivity index (χ2n) is 15.9. The molecule has 0 amide bonds. The highest BCUT2D eigenvalue weighted by Crippen LogP contribution is 2.41. The molecule has 2 heterocycles. The summed E-state index contributed by atoms with van der Waals surface area (Å²) in [4.78, 5) is 64.9. The highest BCUT2D eigenvalue weighted by Gasteiger charge is 2.64. The number of rotatable bonds is 20. The lowest BCUT2D eigenvalue weighted by atomic mass is 9.98. The average molecular weight is 763 g/mol. The quantitative estimate of drug-likeness (QED) is 0.120. The fourth-order valence-electron chi connectivity index (χ4n) is 5.72. The second-order valence-corrected chi connectivity index (χ2v) is 15.9. The first-order valence-electron chi connectivity index (χ1n) is 18.6. The Morgan fingerprint density at radius 1 is 0.585 bits per heavy atom. The molecule has 0 spiro atoms. The van der Waals surface area contributed by atoms with Gasteiger partial charge in [-0.05, 0) is 29.6 Å². The van der Waals surface area contributed by atoms with Crippen molar-refractivity contribution < 1.29 is 77.2 Å². The normalized spacial score (nSPS) is 28.8. The zero-order chi connectivity index (χ0) is 40.2. The van der Waals surface area contributed by atoms with E-state index >= 15 is 0 Å². The van der Waals surface area contributed by atoms with Gasteiger partial charge >= 0.3 is 29.8 Å². The van der Waals surface area contributed by atoms with Gasteiger partial charge in [-0.3, -0.25) is 24.0 Å². The summed E-state index contributed by atoms with van der Waals surface area (Å²) in [5, 5.41) is 32.5. The molecule has 16 heteroatoms. The number of aliphatic hydroxyl groups excluding tert-OH is 3. The van der Waals surface area contributed by atoms with Crippen LogP contribution in [0.2, 0.25) is 0 Å². The SMILES string of the molecule is CC(C)CC(=O)OC[C@H]1O[C@](COC(=O)CC(C)C)(O[C@H]2O[C@H](CO)[C@@H](O)[C@H](OC(=O)CC(C)C)[C@H]2O)[C@@H](OC(=O)CC(C)C)[C@@H]1OC(=O)CC(C)C. The molecule has 2 aliphatic rings. The molecule has 2 aliphatic heterocycles. The third-order valence-corrected chi connectivity index (χ3v) is 8.10. The van der Waals surface area contributed by atoms with E-state index in [-0.39, 0.29) is 61.7 Å². The van der Waals surface area contributed by atoms with Gasteiger partial charge in [0.2, 0.25) is 5.79 Å². The molecule has 0 aromatic carbocycles. The Hall–Kier alpha value is -2.89. The van der Waals surface area contributed by atoms with Crippen molar-refractivity contribution in [1.82, 2.24) is 0 Å². The molecule has 2 rings (SSSR count). The summed E-state index contributed by atoms with van der Waals surface area (Å²) in [5.74, 6) is -6.59. The zero-order valence-electron chi connectivity index (χ0n) is 32.8. The average Bonchev–Trinajstić information content (AvgIpc) is 3.27. The van der Waals surface area contributed by atoms with Gasteiger partial charge < -0.3 is 53.2 Å². The standard InChI is InChI=1S/C37H62O16/c1-19(2)11-26(39)46-17-25-33(49-28(41)13-21(5)6)35(51-30(43)15-23(9)10)37(52-25,18-47-27(40)12-20(3)4)53-36-32(45)34(31(44)24(16-38)48-36)50-29(42)14-22(7)8/h19-25,31-36,38,44-45H,11-18H2,1-10H3/t24-,25-,31-,32-,33-,34+,35+,36-,37-/m1/s1. The number of carbonyl (C=O) groups is 5. The van der Waals surface area contributed by atoms with E-state index in [0.717, 1.165) is 0 Å². The monoisotopic (exact) mass is 762 g/mol. The first-order valence-corrected chi connectivity index (χ1v) is 18.6. The summed E-state index contributed by atoms with van der Waals surface area (Å²) >= 11 is 0. The molecule has 2 saturated heterocycles. The highest BCUT2D eigenvalue weighted by atomic mass is 16.8. The van der Waals surface area contributed by atoms with Crippen molar-refractivity contribution in [1.29, 1.82) is 0 Å². The number of aliphatic hydroxyl groups is 3. The summed E-state index contributed by atoms with van der Waals surface area (Å²) in [6.07, 6.45) is -13.5. The van der Waals surface area contributed by atoms with Crippen LogP contribution in [-0.2, 0) is 61.9 Å². The van der Waals surface area contributed by atoms with Crippen molar-refractivity contribution >= 4 is 29.8 Å². The third kappa shape index (κ3) is 14.7. The minimum Gasteiger partial charge on any atom is -0.463 e. The number of hydrogen-bond donors (Lipinski definition) is 3.